The van der Waals surface area contributed by atoms with E-state index >= 15 is 0 Å². The molecule has 5 nitrogen and oxygen atoms in total. The highest BCUT2D eigenvalue weighted by Gasteiger charge is 2.31. The molecule has 4 rings (SSSR count). The number of halogens is 3. The first-order valence-corrected chi connectivity index (χ1v) is 12.2. The van der Waals surface area contributed by atoms with Crippen LogP contribution in [0.15, 0.2) is 66.7 Å². The fourth-order valence-electron chi connectivity index (χ4n) is 4.30. The Bertz CT molecular complexity index is 1200. The number of rotatable bonds is 7. The summed E-state index contributed by atoms with van der Waals surface area (Å²) in [6.45, 7) is 9.69. The van der Waals surface area contributed by atoms with Crippen molar-refractivity contribution < 1.29 is 27.4 Å². The first-order valence-electron chi connectivity index (χ1n) is 12.2. The Kier molecular flexibility index (Phi) is 7.66. The molecule has 8 heteroatoms. The monoisotopic (exact) mass is 512 g/mol. The number of benzene rings is 3. The quantitative estimate of drug-likeness (QED) is 0.334. The fraction of sp³-hybridized carbons (Fsp3) is 0.345. The van der Waals surface area contributed by atoms with Crippen molar-refractivity contribution in [2.24, 2.45) is 0 Å². The predicted octanol–water partition coefficient (Wildman–Crippen LogP) is 6.60. The molecule has 0 N–H and O–H groups in total. The highest BCUT2D eigenvalue weighted by molar-refractivity contribution is 5.81. The smallest absolute Gasteiger partial charge is 0.488 e. The van der Waals surface area contributed by atoms with Gasteiger partial charge in [-0.15, -0.1) is 13.2 Å². The lowest BCUT2D eigenvalue weighted by atomic mass is 9.87. The molecular weight excluding hydrogens is 481 g/mol. The highest BCUT2D eigenvalue weighted by Crippen LogP contribution is 2.29. The number of aldehydes is 1. The van der Waals surface area contributed by atoms with Gasteiger partial charge in [-0.05, 0) is 59.0 Å². The second-order valence-electron chi connectivity index (χ2n) is 10.1. The average Bonchev–Trinajstić information content (AvgIpc) is 2.87. The van der Waals surface area contributed by atoms with Gasteiger partial charge < -0.3 is 19.3 Å². The van der Waals surface area contributed by atoms with Gasteiger partial charge in [0.15, 0.2) is 6.29 Å². The summed E-state index contributed by atoms with van der Waals surface area (Å²) >= 11 is 0. The van der Waals surface area contributed by atoms with Crippen LogP contribution < -0.4 is 19.3 Å². The van der Waals surface area contributed by atoms with Crippen LogP contribution in [0.1, 0.15) is 42.3 Å². The van der Waals surface area contributed by atoms with Crippen LogP contribution in [-0.2, 0) is 12.0 Å². The van der Waals surface area contributed by atoms with E-state index in [0.29, 0.717) is 44.1 Å². The lowest BCUT2D eigenvalue weighted by Crippen LogP contribution is -2.46. The van der Waals surface area contributed by atoms with E-state index < -0.39 is 6.36 Å². The second-order valence-corrected chi connectivity index (χ2v) is 10.1. The summed E-state index contributed by atoms with van der Waals surface area (Å²) in [5.41, 5.74) is 4.62. The van der Waals surface area contributed by atoms with E-state index in [2.05, 4.69) is 47.4 Å². The van der Waals surface area contributed by atoms with Crippen molar-refractivity contribution in [1.29, 1.82) is 0 Å². The lowest BCUT2D eigenvalue weighted by Gasteiger charge is -2.37. The van der Waals surface area contributed by atoms with Crippen molar-refractivity contribution >= 4 is 17.7 Å². The summed E-state index contributed by atoms with van der Waals surface area (Å²) in [6.07, 6.45) is -3.89. The van der Waals surface area contributed by atoms with Crippen molar-refractivity contribution in [2.45, 2.75) is 39.2 Å². The normalized spacial score (nSPS) is 14.4. The van der Waals surface area contributed by atoms with Crippen molar-refractivity contribution in [3.05, 3.63) is 83.4 Å². The van der Waals surface area contributed by atoms with E-state index in [1.54, 1.807) is 12.1 Å². The van der Waals surface area contributed by atoms with Gasteiger partial charge in [-0.2, -0.15) is 0 Å². The van der Waals surface area contributed by atoms with Crippen LogP contribution in [0.2, 0.25) is 0 Å². The van der Waals surface area contributed by atoms with Gasteiger partial charge in [-0.25, -0.2) is 0 Å². The maximum absolute atomic E-state index is 12.4. The van der Waals surface area contributed by atoms with E-state index in [0.717, 1.165) is 23.2 Å². The molecule has 0 spiro atoms. The van der Waals surface area contributed by atoms with Crippen LogP contribution in [-0.4, -0.2) is 38.8 Å². The van der Waals surface area contributed by atoms with Gasteiger partial charge in [0.2, 0.25) is 0 Å². The van der Waals surface area contributed by atoms with Crippen LogP contribution in [0, 0.1) is 0 Å². The maximum Gasteiger partial charge on any atom is 0.573 e. The van der Waals surface area contributed by atoms with Crippen molar-refractivity contribution in [2.75, 3.05) is 36.0 Å². The Morgan fingerprint density at radius 3 is 1.92 bits per heavy atom. The number of carbonyl (C=O) groups excluding carboxylic acids is 1. The molecule has 0 atom stereocenters. The Balaban J connectivity index is 1.34. The minimum absolute atomic E-state index is 0.0849. The number of hydrogen-bond donors (Lipinski definition) is 0. The van der Waals surface area contributed by atoms with E-state index in [1.165, 1.54) is 17.7 Å². The third-order valence-electron chi connectivity index (χ3n) is 6.41. The molecule has 1 heterocycles. The summed E-state index contributed by atoms with van der Waals surface area (Å²) in [4.78, 5) is 16.1. The SMILES string of the molecule is CC(C)(C)c1ccc(COc2ccc(N3CCN(c4ccc(OC(F)(F)F)cc4)CC3)cc2C=O)cc1. The molecule has 0 amide bonds. The van der Waals surface area contributed by atoms with Crippen LogP contribution in [0.3, 0.4) is 0 Å². The Labute approximate surface area is 215 Å². The average molecular weight is 513 g/mol. The van der Waals surface area contributed by atoms with Crippen molar-refractivity contribution in [3.63, 3.8) is 0 Å². The van der Waals surface area contributed by atoms with Crippen molar-refractivity contribution in [3.8, 4) is 11.5 Å². The van der Waals surface area contributed by atoms with Crippen LogP contribution in [0.5, 0.6) is 11.5 Å². The second kappa shape index (κ2) is 10.7. The van der Waals surface area contributed by atoms with E-state index in [1.807, 2.05) is 30.3 Å². The topological polar surface area (TPSA) is 42.0 Å². The first kappa shape index (κ1) is 26.4. The van der Waals surface area contributed by atoms with Crippen molar-refractivity contribution in [1.82, 2.24) is 0 Å². The van der Waals surface area contributed by atoms with E-state index in [9.17, 15) is 18.0 Å². The Morgan fingerprint density at radius 1 is 0.811 bits per heavy atom. The molecule has 1 aliphatic rings. The third-order valence-corrected chi connectivity index (χ3v) is 6.41. The Hall–Kier alpha value is -3.68. The number of anilines is 2. The number of piperazine rings is 1. The molecule has 0 unspecified atom stereocenters. The minimum atomic E-state index is -4.70. The number of carbonyl (C=O) groups is 1. The predicted molar refractivity (Wildman–Crippen MR) is 139 cm³/mol. The largest absolute Gasteiger partial charge is 0.573 e. The summed E-state index contributed by atoms with van der Waals surface area (Å²) in [5, 5.41) is 0. The van der Waals surface area contributed by atoms with Crippen LogP contribution in [0.4, 0.5) is 24.5 Å². The third kappa shape index (κ3) is 6.96. The van der Waals surface area contributed by atoms with Gasteiger partial charge >= 0.3 is 6.36 Å². The summed E-state index contributed by atoms with van der Waals surface area (Å²) < 4.78 is 47.0. The van der Waals surface area contributed by atoms with Gasteiger partial charge in [-0.3, -0.25) is 4.79 Å². The van der Waals surface area contributed by atoms with E-state index in [-0.39, 0.29) is 11.2 Å². The number of ether oxygens (including phenoxy) is 2. The molecule has 0 aliphatic carbocycles. The van der Waals surface area contributed by atoms with Gasteiger partial charge in [-0.1, -0.05) is 45.0 Å². The summed E-state index contributed by atoms with van der Waals surface area (Å²) in [5.74, 6) is 0.305. The van der Waals surface area contributed by atoms with Gasteiger partial charge in [0.05, 0.1) is 5.56 Å². The molecule has 0 bridgehead atoms. The first-order chi connectivity index (χ1) is 17.5. The van der Waals surface area contributed by atoms with Gasteiger partial charge in [0.25, 0.3) is 0 Å². The molecule has 3 aromatic rings. The highest BCUT2D eigenvalue weighted by atomic mass is 19.4. The maximum atomic E-state index is 12.4. The fourth-order valence-corrected chi connectivity index (χ4v) is 4.30. The molecule has 1 saturated heterocycles. The van der Waals surface area contributed by atoms with Gasteiger partial charge in [0, 0.05) is 37.6 Å². The zero-order valence-electron chi connectivity index (χ0n) is 21.2. The standard InChI is InChI=1S/C29H31F3N2O3/c1-28(2,3)23-6-4-21(5-7-23)20-36-27-13-10-25(18-22(27)19-35)34-16-14-33(15-17-34)24-8-11-26(12-9-24)37-29(30,31)32/h4-13,18-19H,14-17,20H2,1-3H3. The molecule has 0 aromatic heterocycles. The van der Waals surface area contributed by atoms with Gasteiger partial charge in [0.1, 0.15) is 18.1 Å². The number of alkyl halides is 3. The van der Waals surface area contributed by atoms with Crippen LogP contribution in [0.25, 0.3) is 0 Å². The summed E-state index contributed by atoms with van der Waals surface area (Å²) in [6, 6.07) is 19.8. The Morgan fingerprint density at radius 2 is 1.38 bits per heavy atom. The zero-order valence-corrected chi connectivity index (χ0v) is 21.2. The molecule has 37 heavy (non-hydrogen) atoms. The van der Waals surface area contributed by atoms with E-state index in [4.69, 9.17) is 4.74 Å². The molecular formula is C29H31F3N2O3. The number of nitrogens with zero attached hydrogens (tertiary/aromatic N) is 2. The molecule has 3 aromatic carbocycles. The van der Waals surface area contributed by atoms with Crippen LogP contribution >= 0.6 is 0 Å². The molecule has 1 aliphatic heterocycles. The molecule has 0 radical (unpaired) electrons. The zero-order chi connectivity index (χ0) is 26.6. The number of hydrogen-bond acceptors (Lipinski definition) is 5. The molecule has 0 saturated carbocycles. The minimum Gasteiger partial charge on any atom is -0.488 e. The molecule has 196 valence electrons. The lowest BCUT2D eigenvalue weighted by molar-refractivity contribution is -0.274. The molecule has 1 fully saturated rings. The summed E-state index contributed by atoms with van der Waals surface area (Å²) in [7, 11) is 0.